The van der Waals surface area contributed by atoms with Crippen molar-refractivity contribution in [2.75, 3.05) is 0 Å². The summed E-state index contributed by atoms with van der Waals surface area (Å²) in [5.41, 5.74) is 5.69. The van der Waals surface area contributed by atoms with E-state index in [9.17, 15) is 4.79 Å². The van der Waals surface area contributed by atoms with Crippen LogP contribution in [-0.4, -0.2) is 12.0 Å². The SMILES string of the molecule is CC[C@H](C)Oc1ccccc1/C=C(\C#N)C(N)=O. The van der Waals surface area contributed by atoms with Crippen molar-refractivity contribution in [3.05, 3.63) is 35.4 Å². The minimum absolute atomic E-state index is 0.0682. The van der Waals surface area contributed by atoms with E-state index in [2.05, 4.69) is 0 Å². The Kier molecular flexibility index (Phi) is 4.94. The van der Waals surface area contributed by atoms with E-state index in [1.807, 2.05) is 26.0 Å². The number of ether oxygens (including phenoxy) is 1. The molecule has 0 radical (unpaired) electrons. The van der Waals surface area contributed by atoms with Crippen molar-refractivity contribution >= 4 is 12.0 Å². The fraction of sp³-hybridized carbons (Fsp3) is 0.286. The summed E-state index contributed by atoms with van der Waals surface area (Å²) >= 11 is 0. The number of nitrogens with zero attached hydrogens (tertiary/aromatic N) is 1. The normalized spacial score (nSPS) is 12.6. The molecular formula is C14H16N2O2. The van der Waals surface area contributed by atoms with Crippen molar-refractivity contribution < 1.29 is 9.53 Å². The van der Waals surface area contributed by atoms with E-state index in [0.717, 1.165) is 6.42 Å². The van der Waals surface area contributed by atoms with Gasteiger partial charge in [-0.05, 0) is 25.5 Å². The van der Waals surface area contributed by atoms with Gasteiger partial charge in [-0.2, -0.15) is 5.26 Å². The highest BCUT2D eigenvalue weighted by Crippen LogP contribution is 2.22. The first-order valence-corrected chi connectivity index (χ1v) is 5.75. The van der Waals surface area contributed by atoms with Crippen molar-refractivity contribution in [2.24, 2.45) is 5.73 Å². The van der Waals surface area contributed by atoms with Gasteiger partial charge in [-0.25, -0.2) is 0 Å². The monoisotopic (exact) mass is 244 g/mol. The molecule has 1 rings (SSSR count). The average molecular weight is 244 g/mol. The van der Waals surface area contributed by atoms with Crippen LogP contribution in [0.5, 0.6) is 5.75 Å². The van der Waals surface area contributed by atoms with Gasteiger partial charge < -0.3 is 10.5 Å². The number of hydrogen-bond donors (Lipinski definition) is 1. The van der Waals surface area contributed by atoms with Gasteiger partial charge in [0, 0.05) is 5.56 Å². The number of nitriles is 1. The number of rotatable bonds is 5. The van der Waals surface area contributed by atoms with Crippen molar-refractivity contribution in [3.63, 3.8) is 0 Å². The molecule has 0 saturated carbocycles. The standard InChI is InChI=1S/C14H16N2O2/c1-3-10(2)18-13-7-5-4-6-11(13)8-12(9-15)14(16)17/h4-8,10H,3H2,1-2H3,(H2,16,17)/b12-8+/t10-/m0/s1. The zero-order chi connectivity index (χ0) is 13.5. The molecule has 0 aliphatic rings. The molecule has 18 heavy (non-hydrogen) atoms. The molecule has 94 valence electrons. The highest BCUT2D eigenvalue weighted by atomic mass is 16.5. The lowest BCUT2D eigenvalue weighted by Crippen LogP contribution is -2.13. The van der Waals surface area contributed by atoms with Crippen molar-refractivity contribution in [3.8, 4) is 11.8 Å². The van der Waals surface area contributed by atoms with Crippen LogP contribution < -0.4 is 10.5 Å². The van der Waals surface area contributed by atoms with E-state index in [4.69, 9.17) is 15.7 Å². The lowest BCUT2D eigenvalue weighted by molar-refractivity contribution is -0.114. The second-order valence-corrected chi connectivity index (χ2v) is 3.91. The summed E-state index contributed by atoms with van der Waals surface area (Å²) in [6.45, 7) is 3.98. The predicted molar refractivity (Wildman–Crippen MR) is 69.6 cm³/mol. The van der Waals surface area contributed by atoms with Crippen molar-refractivity contribution in [1.29, 1.82) is 5.26 Å². The van der Waals surface area contributed by atoms with Gasteiger partial charge in [-0.1, -0.05) is 25.1 Å². The molecule has 1 atom stereocenters. The third-order valence-electron chi connectivity index (χ3n) is 2.51. The maximum atomic E-state index is 11.0. The van der Waals surface area contributed by atoms with Gasteiger partial charge in [0.25, 0.3) is 5.91 Å². The number of benzene rings is 1. The van der Waals surface area contributed by atoms with Gasteiger partial charge in [0.05, 0.1) is 6.10 Å². The number of hydrogen-bond acceptors (Lipinski definition) is 3. The summed E-state index contributed by atoms with van der Waals surface area (Å²) in [5, 5.41) is 8.82. The zero-order valence-corrected chi connectivity index (χ0v) is 10.5. The van der Waals surface area contributed by atoms with Gasteiger partial charge in [-0.15, -0.1) is 0 Å². The van der Waals surface area contributed by atoms with Crippen LogP contribution in [0.3, 0.4) is 0 Å². The molecule has 4 nitrogen and oxygen atoms in total. The Morgan fingerprint density at radius 3 is 2.78 bits per heavy atom. The maximum absolute atomic E-state index is 11.0. The fourth-order valence-electron chi connectivity index (χ4n) is 1.32. The molecule has 1 aromatic carbocycles. The van der Waals surface area contributed by atoms with Crippen LogP contribution in [0.15, 0.2) is 29.8 Å². The molecular weight excluding hydrogens is 228 g/mol. The van der Waals surface area contributed by atoms with Crippen LogP contribution in [0.4, 0.5) is 0 Å². The molecule has 0 aliphatic heterocycles. The van der Waals surface area contributed by atoms with E-state index in [1.54, 1.807) is 18.2 Å². The second kappa shape index (κ2) is 6.45. The number of carbonyl (C=O) groups excluding carboxylic acids is 1. The maximum Gasteiger partial charge on any atom is 0.259 e. The largest absolute Gasteiger partial charge is 0.490 e. The summed E-state index contributed by atoms with van der Waals surface area (Å²) in [5.74, 6) is -0.100. The van der Waals surface area contributed by atoms with Gasteiger partial charge >= 0.3 is 0 Å². The minimum atomic E-state index is -0.740. The summed E-state index contributed by atoms with van der Waals surface area (Å²) < 4.78 is 5.71. The van der Waals surface area contributed by atoms with Crippen LogP contribution >= 0.6 is 0 Å². The van der Waals surface area contributed by atoms with Gasteiger partial charge in [0.15, 0.2) is 0 Å². The molecule has 0 fully saturated rings. The molecule has 0 heterocycles. The lowest BCUT2D eigenvalue weighted by atomic mass is 10.1. The molecule has 1 aromatic rings. The molecule has 0 spiro atoms. The van der Waals surface area contributed by atoms with Crippen LogP contribution in [0.2, 0.25) is 0 Å². The van der Waals surface area contributed by atoms with Gasteiger partial charge in [-0.3, -0.25) is 4.79 Å². The highest BCUT2D eigenvalue weighted by molar-refractivity contribution is 6.00. The molecule has 0 saturated heterocycles. The number of carbonyl (C=O) groups is 1. The smallest absolute Gasteiger partial charge is 0.259 e. The molecule has 0 aliphatic carbocycles. The first-order chi connectivity index (χ1) is 8.58. The third kappa shape index (κ3) is 3.63. The lowest BCUT2D eigenvalue weighted by Gasteiger charge is -2.14. The average Bonchev–Trinajstić information content (AvgIpc) is 2.37. The molecule has 0 unspecified atom stereocenters. The van der Waals surface area contributed by atoms with E-state index in [1.165, 1.54) is 6.08 Å². The van der Waals surface area contributed by atoms with Gasteiger partial charge in [0.1, 0.15) is 17.4 Å². The zero-order valence-electron chi connectivity index (χ0n) is 10.5. The quantitative estimate of drug-likeness (QED) is 0.637. The van der Waals surface area contributed by atoms with E-state index < -0.39 is 5.91 Å². The first kappa shape index (κ1) is 13.8. The van der Waals surface area contributed by atoms with Crippen molar-refractivity contribution in [1.82, 2.24) is 0 Å². The fourth-order valence-corrected chi connectivity index (χ4v) is 1.32. The van der Waals surface area contributed by atoms with E-state index in [-0.39, 0.29) is 11.7 Å². The van der Waals surface area contributed by atoms with E-state index >= 15 is 0 Å². The number of amides is 1. The molecule has 0 aromatic heterocycles. The summed E-state index contributed by atoms with van der Waals surface area (Å²) in [4.78, 5) is 11.0. The second-order valence-electron chi connectivity index (χ2n) is 3.91. The Morgan fingerprint density at radius 1 is 1.56 bits per heavy atom. The number of primary amides is 1. The molecule has 4 heteroatoms. The van der Waals surface area contributed by atoms with Crippen LogP contribution in [-0.2, 0) is 4.79 Å². The Labute approximate surface area is 107 Å². The number of para-hydroxylation sites is 1. The predicted octanol–water partition coefficient (Wildman–Crippen LogP) is 2.26. The summed E-state index contributed by atoms with van der Waals surface area (Å²) in [6, 6.07) is 9.00. The first-order valence-electron chi connectivity index (χ1n) is 5.75. The Balaban J connectivity index is 3.10. The molecule has 0 bridgehead atoms. The molecule has 2 N–H and O–H groups in total. The minimum Gasteiger partial charge on any atom is -0.490 e. The van der Waals surface area contributed by atoms with Crippen LogP contribution in [0.25, 0.3) is 6.08 Å². The summed E-state index contributed by atoms with van der Waals surface area (Å²) in [7, 11) is 0. The Bertz CT molecular complexity index is 501. The van der Waals surface area contributed by atoms with Crippen molar-refractivity contribution in [2.45, 2.75) is 26.4 Å². The Hall–Kier alpha value is -2.28. The van der Waals surface area contributed by atoms with Gasteiger partial charge in [0.2, 0.25) is 0 Å². The molecule has 1 amide bonds. The summed E-state index contributed by atoms with van der Waals surface area (Å²) in [6.07, 6.45) is 2.39. The van der Waals surface area contributed by atoms with Crippen LogP contribution in [0.1, 0.15) is 25.8 Å². The Morgan fingerprint density at radius 2 is 2.22 bits per heavy atom. The van der Waals surface area contributed by atoms with E-state index in [0.29, 0.717) is 11.3 Å². The third-order valence-corrected chi connectivity index (χ3v) is 2.51. The topological polar surface area (TPSA) is 76.1 Å². The van der Waals surface area contributed by atoms with Crippen LogP contribution in [0, 0.1) is 11.3 Å². The highest BCUT2D eigenvalue weighted by Gasteiger charge is 2.08. The number of nitrogens with two attached hydrogens (primary N) is 1.